The van der Waals surface area contributed by atoms with Crippen molar-refractivity contribution in [2.75, 3.05) is 16.8 Å². The molecule has 5 heteroatoms. The van der Waals surface area contributed by atoms with Crippen molar-refractivity contribution < 1.29 is 9.59 Å². The highest BCUT2D eigenvalue weighted by Crippen LogP contribution is 2.25. The first-order valence-electron chi connectivity index (χ1n) is 7.66. The van der Waals surface area contributed by atoms with Gasteiger partial charge in [-0.3, -0.25) is 9.59 Å². The van der Waals surface area contributed by atoms with E-state index in [1.54, 1.807) is 4.90 Å². The zero-order chi connectivity index (χ0) is 16.2. The molecule has 3 rings (SSSR count). The van der Waals surface area contributed by atoms with Crippen LogP contribution < -0.4 is 16.0 Å². The van der Waals surface area contributed by atoms with Crippen molar-refractivity contribution in [1.29, 1.82) is 0 Å². The Bertz CT molecular complexity index is 698. The lowest BCUT2D eigenvalue weighted by molar-refractivity contribution is -0.119. The molecule has 1 heterocycles. The fraction of sp³-hybridized carbons (Fsp3) is 0.222. The first-order chi connectivity index (χ1) is 11.1. The van der Waals surface area contributed by atoms with E-state index < -0.39 is 11.9 Å². The summed E-state index contributed by atoms with van der Waals surface area (Å²) in [5, 5.41) is 3.15. The Kier molecular flexibility index (Phi) is 4.28. The average Bonchev–Trinajstić information content (AvgIpc) is 3.00. The molecule has 1 aliphatic heterocycles. The van der Waals surface area contributed by atoms with Gasteiger partial charge in [0, 0.05) is 24.3 Å². The molecule has 0 aromatic heterocycles. The minimum Gasteiger partial charge on any atom is -0.370 e. The van der Waals surface area contributed by atoms with E-state index in [0.717, 1.165) is 29.9 Å². The van der Waals surface area contributed by atoms with Crippen molar-refractivity contribution >= 4 is 23.2 Å². The maximum atomic E-state index is 11.8. The number of hydrogen-bond donors (Lipinski definition) is 2. The van der Waals surface area contributed by atoms with E-state index in [0.29, 0.717) is 6.42 Å². The van der Waals surface area contributed by atoms with Gasteiger partial charge in [-0.1, -0.05) is 30.3 Å². The van der Waals surface area contributed by atoms with Crippen LogP contribution in [0.15, 0.2) is 54.6 Å². The minimum absolute atomic E-state index is 0.157. The highest BCUT2D eigenvalue weighted by Gasteiger charge is 2.22. The van der Waals surface area contributed by atoms with Crippen LogP contribution in [0.1, 0.15) is 24.4 Å². The van der Waals surface area contributed by atoms with E-state index in [9.17, 15) is 9.59 Å². The van der Waals surface area contributed by atoms with Crippen molar-refractivity contribution in [2.24, 2.45) is 5.73 Å². The molecule has 0 bridgehead atoms. The molecule has 5 nitrogen and oxygen atoms in total. The Morgan fingerprint density at radius 3 is 2.35 bits per heavy atom. The molecule has 2 aromatic rings. The second-order valence-corrected chi connectivity index (χ2v) is 5.59. The maximum absolute atomic E-state index is 11.8. The second kappa shape index (κ2) is 6.52. The van der Waals surface area contributed by atoms with Crippen molar-refractivity contribution in [2.45, 2.75) is 18.9 Å². The standard InChI is InChI=1S/C18H19N3O2/c19-18(23)17(13-5-2-1-3-6-13)20-14-8-10-15(11-9-14)21-12-4-7-16(21)22/h1-3,5-6,8-11,17,20H,4,7,12H2,(H2,19,23). The zero-order valence-corrected chi connectivity index (χ0v) is 12.7. The Hall–Kier alpha value is -2.82. The number of amides is 2. The molecule has 1 saturated heterocycles. The maximum Gasteiger partial charge on any atom is 0.244 e. The van der Waals surface area contributed by atoms with Crippen LogP contribution in [0.25, 0.3) is 0 Å². The van der Waals surface area contributed by atoms with Gasteiger partial charge in [-0.25, -0.2) is 0 Å². The number of nitrogens with one attached hydrogen (secondary N) is 1. The average molecular weight is 309 g/mol. The van der Waals surface area contributed by atoms with Gasteiger partial charge in [0.2, 0.25) is 11.8 Å². The van der Waals surface area contributed by atoms with Gasteiger partial charge >= 0.3 is 0 Å². The third-order valence-electron chi connectivity index (χ3n) is 3.98. The van der Waals surface area contributed by atoms with E-state index in [1.807, 2.05) is 54.6 Å². The summed E-state index contributed by atoms with van der Waals surface area (Å²) in [6, 6.07) is 16.3. The van der Waals surface area contributed by atoms with Crippen LogP contribution >= 0.6 is 0 Å². The molecule has 1 aliphatic rings. The van der Waals surface area contributed by atoms with Gasteiger partial charge in [0.25, 0.3) is 0 Å². The molecule has 2 amide bonds. The molecule has 0 spiro atoms. The minimum atomic E-state index is -0.588. The number of primary amides is 1. The summed E-state index contributed by atoms with van der Waals surface area (Å²) >= 11 is 0. The number of anilines is 2. The molecule has 118 valence electrons. The lowest BCUT2D eigenvalue weighted by Gasteiger charge is -2.19. The third kappa shape index (κ3) is 3.34. The van der Waals surface area contributed by atoms with Gasteiger partial charge in [0.05, 0.1) is 0 Å². The highest BCUT2D eigenvalue weighted by molar-refractivity contribution is 5.95. The molecule has 0 radical (unpaired) electrons. The van der Waals surface area contributed by atoms with Gasteiger partial charge in [-0.15, -0.1) is 0 Å². The summed E-state index contributed by atoms with van der Waals surface area (Å²) in [5.41, 5.74) is 8.00. The third-order valence-corrected chi connectivity index (χ3v) is 3.98. The second-order valence-electron chi connectivity index (χ2n) is 5.59. The molecule has 1 atom stereocenters. The Labute approximate surface area is 135 Å². The highest BCUT2D eigenvalue weighted by atomic mass is 16.2. The van der Waals surface area contributed by atoms with E-state index in [4.69, 9.17) is 5.73 Å². The predicted octanol–water partition coefficient (Wildman–Crippen LogP) is 2.45. The summed E-state index contributed by atoms with van der Waals surface area (Å²) in [7, 11) is 0. The monoisotopic (exact) mass is 309 g/mol. The summed E-state index contributed by atoms with van der Waals surface area (Å²) in [5.74, 6) is -0.278. The number of hydrogen-bond acceptors (Lipinski definition) is 3. The van der Waals surface area contributed by atoms with Crippen LogP contribution in [0.3, 0.4) is 0 Å². The van der Waals surface area contributed by atoms with Gasteiger partial charge in [0.1, 0.15) is 6.04 Å². The van der Waals surface area contributed by atoms with Crippen LogP contribution in [0, 0.1) is 0 Å². The predicted molar refractivity (Wildman–Crippen MR) is 90.0 cm³/mol. The molecule has 3 N–H and O–H groups in total. The van der Waals surface area contributed by atoms with Crippen molar-refractivity contribution in [3.8, 4) is 0 Å². The lowest BCUT2D eigenvalue weighted by atomic mass is 10.1. The van der Waals surface area contributed by atoms with E-state index in [-0.39, 0.29) is 5.91 Å². The number of nitrogens with zero attached hydrogens (tertiary/aromatic N) is 1. The lowest BCUT2D eigenvalue weighted by Crippen LogP contribution is -2.27. The molecule has 0 saturated carbocycles. The smallest absolute Gasteiger partial charge is 0.244 e. The van der Waals surface area contributed by atoms with Crippen LogP contribution in [0.4, 0.5) is 11.4 Å². The number of rotatable bonds is 5. The SMILES string of the molecule is NC(=O)C(Nc1ccc(N2CCCC2=O)cc1)c1ccccc1. The quantitative estimate of drug-likeness (QED) is 0.891. The molecule has 1 unspecified atom stereocenters. The topological polar surface area (TPSA) is 75.4 Å². The Balaban J connectivity index is 1.76. The normalized spacial score (nSPS) is 15.5. The van der Waals surface area contributed by atoms with E-state index in [1.165, 1.54) is 0 Å². The molecular formula is C18H19N3O2. The zero-order valence-electron chi connectivity index (χ0n) is 12.7. The van der Waals surface area contributed by atoms with Crippen molar-refractivity contribution in [1.82, 2.24) is 0 Å². The molecular weight excluding hydrogens is 290 g/mol. The van der Waals surface area contributed by atoms with Crippen molar-refractivity contribution in [3.63, 3.8) is 0 Å². The summed E-state index contributed by atoms with van der Waals surface area (Å²) < 4.78 is 0. The first-order valence-corrected chi connectivity index (χ1v) is 7.66. The van der Waals surface area contributed by atoms with Crippen LogP contribution in [-0.2, 0) is 9.59 Å². The van der Waals surface area contributed by atoms with Crippen LogP contribution in [0.2, 0.25) is 0 Å². The number of nitrogens with two attached hydrogens (primary N) is 1. The number of carbonyl (C=O) groups is 2. The van der Waals surface area contributed by atoms with E-state index >= 15 is 0 Å². The van der Waals surface area contributed by atoms with Gasteiger partial charge in [-0.2, -0.15) is 0 Å². The molecule has 2 aromatic carbocycles. The number of benzene rings is 2. The Morgan fingerprint density at radius 2 is 1.78 bits per heavy atom. The largest absolute Gasteiger partial charge is 0.370 e. The van der Waals surface area contributed by atoms with Crippen molar-refractivity contribution in [3.05, 3.63) is 60.2 Å². The summed E-state index contributed by atoms with van der Waals surface area (Å²) in [6.07, 6.45) is 1.51. The fourth-order valence-corrected chi connectivity index (χ4v) is 2.79. The van der Waals surface area contributed by atoms with Gasteiger partial charge in [-0.05, 0) is 36.2 Å². The fourth-order valence-electron chi connectivity index (χ4n) is 2.79. The summed E-state index contributed by atoms with van der Waals surface area (Å²) in [6.45, 7) is 0.763. The molecule has 1 fully saturated rings. The van der Waals surface area contributed by atoms with Crippen LogP contribution in [0.5, 0.6) is 0 Å². The van der Waals surface area contributed by atoms with Gasteiger partial charge < -0.3 is 16.0 Å². The number of carbonyl (C=O) groups excluding carboxylic acids is 2. The van der Waals surface area contributed by atoms with Gasteiger partial charge in [0.15, 0.2) is 0 Å². The molecule has 0 aliphatic carbocycles. The van der Waals surface area contributed by atoms with Crippen LogP contribution in [-0.4, -0.2) is 18.4 Å². The Morgan fingerprint density at radius 1 is 1.09 bits per heavy atom. The molecule has 23 heavy (non-hydrogen) atoms. The summed E-state index contributed by atoms with van der Waals surface area (Å²) in [4.78, 5) is 25.3. The first kappa shape index (κ1) is 15.1. The van der Waals surface area contributed by atoms with E-state index in [2.05, 4.69) is 5.32 Å².